The second-order valence-electron chi connectivity index (χ2n) is 4.46. The quantitative estimate of drug-likeness (QED) is 0.775. The van der Waals surface area contributed by atoms with Gasteiger partial charge in [0.25, 0.3) is 0 Å². The summed E-state index contributed by atoms with van der Waals surface area (Å²) in [6.45, 7) is 0. The fourth-order valence-corrected chi connectivity index (χ4v) is 2.72. The van der Waals surface area contributed by atoms with Gasteiger partial charge in [-0.15, -0.1) is 0 Å². The Morgan fingerprint density at radius 1 is 1.12 bits per heavy atom. The van der Waals surface area contributed by atoms with Gasteiger partial charge in [-0.1, -0.05) is 25.7 Å². The van der Waals surface area contributed by atoms with Crippen molar-refractivity contribution < 1.29 is 4.39 Å². The van der Waals surface area contributed by atoms with E-state index in [1.54, 1.807) is 0 Å². The molecule has 0 saturated heterocycles. The van der Waals surface area contributed by atoms with Crippen molar-refractivity contribution in [1.82, 2.24) is 0 Å². The molecule has 16 heavy (non-hydrogen) atoms. The molecule has 2 rings (SSSR count). The molecule has 1 aliphatic rings. The number of anilines is 1. The molecule has 0 unspecified atom stereocenters. The van der Waals surface area contributed by atoms with Crippen molar-refractivity contribution in [2.75, 3.05) is 5.32 Å². The van der Waals surface area contributed by atoms with Crippen LogP contribution in [0, 0.1) is 5.82 Å². The van der Waals surface area contributed by atoms with E-state index in [0.29, 0.717) is 6.04 Å². The third kappa shape index (κ3) is 3.21. The number of benzene rings is 1. The largest absolute Gasteiger partial charge is 0.381 e. The maximum absolute atomic E-state index is 12.9. The molecule has 1 aromatic carbocycles. The fraction of sp³-hybridized carbons (Fsp3) is 0.538. The molecule has 0 spiro atoms. The van der Waals surface area contributed by atoms with E-state index in [9.17, 15) is 4.39 Å². The maximum atomic E-state index is 12.9. The third-order valence-corrected chi connectivity index (χ3v) is 3.80. The topological polar surface area (TPSA) is 12.0 Å². The normalized spacial score (nSPS) is 18.1. The zero-order chi connectivity index (χ0) is 11.4. The van der Waals surface area contributed by atoms with Crippen LogP contribution in [0.3, 0.4) is 0 Å². The first kappa shape index (κ1) is 11.9. The van der Waals surface area contributed by atoms with Gasteiger partial charge in [0.15, 0.2) is 0 Å². The molecular weight excluding hydrogens is 269 g/mol. The van der Waals surface area contributed by atoms with Crippen LogP contribution < -0.4 is 5.32 Å². The molecule has 1 aromatic rings. The fourth-order valence-electron chi connectivity index (χ4n) is 2.25. The second kappa shape index (κ2) is 5.67. The van der Waals surface area contributed by atoms with Crippen molar-refractivity contribution in [2.45, 2.75) is 44.6 Å². The Morgan fingerprint density at radius 2 is 1.81 bits per heavy atom. The Hall–Kier alpha value is -0.570. The summed E-state index contributed by atoms with van der Waals surface area (Å²) < 4.78 is 13.7. The maximum Gasteiger partial charge on any atom is 0.124 e. The van der Waals surface area contributed by atoms with E-state index in [-0.39, 0.29) is 5.82 Å². The molecule has 1 N–H and O–H groups in total. The molecule has 3 heteroatoms. The zero-order valence-electron chi connectivity index (χ0n) is 9.31. The number of hydrogen-bond donors (Lipinski definition) is 1. The van der Waals surface area contributed by atoms with Gasteiger partial charge in [-0.25, -0.2) is 4.39 Å². The van der Waals surface area contributed by atoms with Crippen LogP contribution in [0.2, 0.25) is 0 Å². The van der Waals surface area contributed by atoms with Gasteiger partial charge in [0.05, 0.1) is 0 Å². The molecule has 0 radical (unpaired) electrons. The molecule has 0 amide bonds. The summed E-state index contributed by atoms with van der Waals surface area (Å²) in [5, 5.41) is 3.50. The van der Waals surface area contributed by atoms with Gasteiger partial charge < -0.3 is 5.32 Å². The minimum absolute atomic E-state index is 0.196. The molecule has 0 atom stereocenters. The third-order valence-electron chi connectivity index (χ3n) is 3.15. The summed E-state index contributed by atoms with van der Waals surface area (Å²) >= 11 is 3.39. The summed E-state index contributed by atoms with van der Waals surface area (Å²) in [5.74, 6) is -0.196. The Balaban J connectivity index is 2.01. The van der Waals surface area contributed by atoms with E-state index in [0.717, 1.165) is 10.2 Å². The molecule has 1 nitrogen and oxygen atoms in total. The highest BCUT2D eigenvalue weighted by molar-refractivity contribution is 9.10. The van der Waals surface area contributed by atoms with Gasteiger partial charge in [0.1, 0.15) is 5.82 Å². The van der Waals surface area contributed by atoms with Crippen molar-refractivity contribution in [3.05, 3.63) is 28.5 Å². The average molecular weight is 286 g/mol. The van der Waals surface area contributed by atoms with E-state index >= 15 is 0 Å². The number of nitrogens with one attached hydrogen (secondary N) is 1. The first-order valence-electron chi connectivity index (χ1n) is 5.97. The summed E-state index contributed by atoms with van der Waals surface area (Å²) in [6.07, 6.45) is 7.76. The van der Waals surface area contributed by atoms with Crippen LogP contribution in [-0.4, -0.2) is 6.04 Å². The predicted octanol–water partition coefficient (Wildman–Crippen LogP) is 4.72. The number of halogens is 2. The Kier molecular flexibility index (Phi) is 4.22. The van der Waals surface area contributed by atoms with Crippen LogP contribution in [0.15, 0.2) is 22.7 Å². The smallest absolute Gasteiger partial charge is 0.124 e. The van der Waals surface area contributed by atoms with Crippen LogP contribution in [0.1, 0.15) is 38.5 Å². The van der Waals surface area contributed by atoms with E-state index in [4.69, 9.17) is 0 Å². The van der Waals surface area contributed by atoms with Gasteiger partial charge in [-0.2, -0.15) is 0 Å². The summed E-state index contributed by atoms with van der Waals surface area (Å²) in [6, 6.07) is 5.37. The summed E-state index contributed by atoms with van der Waals surface area (Å²) in [7, 11) is 0. The highest BCUT2D eigenvalue weighted by atomic mass is 79.9. The van der Waals surface area contributed by atoms with E-state index in [1.165, 1.54) is 50.7 Å². The Bertz CT molecular complexity index is 346. The Labute approximate surface area is 105 Å². The molecule has 0 bridgehead atoms. The van der Waals surface area contributed by atoms with Crippen molar-refractivity contribution in [1.29, 1.82) is 0 Å². The SMILES string of the molecule is Fc1ccc(NC2CCCCCC2)c(Br)c1. The van der Waals surface area contributed by atoms with Crippen LogP contribution in [-0.2, 0) is 0 Å². The first-order chi connectivity index (χ1) is 7.75. The summed E-state index contributed by atoms with van der Waals surface area (Å²) in [5.41, 5.74) is 1.01. The second-order valence-corrected chi connectivity index (χ2v) is 5.31. The standard InChI is InChI=1S/C13H17BrFN/c14-12-9-10(15)7-8-13(12)16-11-5-3-1-2-4-6-11/h7-9,11,16H,1-6H2. The number of hydrogen-bond acceptors (Lipinski definition) is 1. The van der Waals surface area contributed by atoms with Crippen LogP contribution in [0.4, 0.5) is 10.1 Å². The lowest BCUT2D eigenvalue weighted by Gasteiger charge is -2.18. The summed E-state index contributed by atoms with van der Waals surface area (Å²) in [4.78, 5) is 0. The van der Waals surface area contributed by atoms with Gasteiger partial charge in [0, 0.05) is 16.2 Å². The molecule has 1 fully saturated rings. The van der Waals surface area contributed by atoms with Crippen molar-refractivity contribution in [3.63, 3.8) is 0 Å². The highest BCUT2D eigenvalue weighted by Crippen LogP contribution is 2.27. The zero-order valence-corrected chi connectivity index (χ0v) is 10.9. The molecule has 0 aromatic heterocycles. The molecule has 1 aliphatic carbocycles. The molecular formula is C13H17BrFN. The van der Waals surface area contributed by atoms with Gasteiger partial charge in [0.2, 0.25) is 0 Å². The minimum Gasteiger partial charge on any atom is -0.381 e. The van der Waals surface area contributed by atoms with Gasteiger partial charge >= 0.3 is 0 Å². The van der Waals surface area contributed by atoms with Crippen molar-refractivity contribution >= 4 is 21.6 Å². The van der Waals surface area contributed by atoms with Gasteiger partial charge in [-0.3, -0.25) is 0 Å². The highest BCUT2D eigenvalue weighted by Gasteiger charge is 2.13. The average Bonchev–Trinajstić information content (AvgIpc) is 2.51. The first-order valence-corrected chi connectivity index (χ1v) is 6.76. The van der Waals surface area contributed by atoms with E-state index in [1.807, 2.05) is 6.07 Å². The van der Waals surface area contributed by atoms with Crippen LogP contribution in [0.5, 0.6) is 0 Å². The predicted molar refractivity (Wildman–Crippen MR) is 69.2 cm³/mol. The van der Waals surface area contributed by atoms with E-state index in [2.05, 4.69) is 21.2 Å². The van der Waals surface area contributed by atoms with Crippen molar-refractivity contribution in [3.8, 4) is 0 Å². The molecule has 1 saturated carbocycles. The van der Waals surface area contributed by atoms with E-state index < -0.39 is 0 Å². The molecule has 0 heterocycles. The number of rotatable bonds is 2. The molecule has 88 valence electrons. The van der Waals surface area contributed by atoms with Crippen LogP contribution in [0.25, 0.3) is 0 Å². The van der Waals surface area contributed by atoms with Gasteiger partial charge in [-0.05, 0) is 47.0 Å². The van der Waals surface area contributed by atoms with Crippen LogP contribution >= 0.6 is 15.9 Å². The Morgan fingerprint density at radius 3 is 2.44 bits per heavy atom. The molecule has 0 aliphatic heterocycles. The lowest BCUT2D eigenvalue weighted by molar-refractivity contribution is 0.615. The monoisotopic (exact) mass is 285 g/mol. The lowest BCUT2D eigenvalue weighted by atomic mass is 10.1. The van der Waals surface area contributed by atoms with Crippen molar-refractivity contribution in [2.24, 2.45) is 0 Å². The lowest BCUT2D eigenvalue weighted by Crippen LogP contribution is -2.18. The minimum atomic E-state index is -0.196.